The first-order valence-corrected chi connectivity index (χ1v) is 7.41. The van der Waals surface area contributed by atoms with Crippen molar-refractivity contribution < 1.29 is 4.74 Å². The Kier molecular flexibility index (Phi) is 4.52. The average molecular weight is 286 g/mol. The molecule has 1 aliphatic rings. The summed E-state index contributed by atoms with van der Waals surface area (Å²) >= 11 is 0. The largest absolute Gasteiger partial charge is 0.378 e. The third-order valence-corrected chi connectivity index (χ3v) is 3.85. The molecule has 5 heteroatoms. The van der Waals surface area contributed by atoms with Gasteiger partial charge in [-0.1, -0.05) is 12.1 Å². The number of ether oxygens (including phenoxy) is 1. The van der Waals surface area contributed by atoms with Crippen LogP contribution in [-0.4, -0.2) is 35.9 Å². The number of anilines is 1. The maximum Gasteiger partial charge on any atom is 0.122 e. The molecule has 1 fully saturated rings. The molecular formula is C16H22N4O. The van der Waals surface area contributed by atoms with Crippen LogP contribution in [0.2, 0.25) is 0 Å². The number of aryl methyl sites for hydroxylation is 1. The number of rotatable bonds is 5. The first kappa shape index (κ1) is 14.1. The first-order valence-electron chi connectivity index (χ1n) is 7.41. The minimum Gasteiger partial charge on any atom is -0.378 e. The maximum atomic E-state index is 5.38. The van der Waals surface area contributed by atoms with Crippen LogP contribution < -0.4 is 10.2 Å². The van der Waals surface area contributed by atoms with Crippen LogP contribution in [0.3, 0.4) is 0 Å². The molecule has 1 saturated heterocycles. The van der Waals surface area contributed by atoms with E-state index in [9.17, 15) is 0 Å². The average Bonchev–Trinajstić information content (AvgIpc) is 2.94. The van der Waals surface area contributed by atoms with E-state index >= 15 is 0 Å². The Morgan fingerprint density at radius 1 is 1.14 bits per heavy atom. The molecule has 2 heterocycles. The van der Waals surface area contributed by atoms with Gasteiger partial charge in [-0.2, -0.15) is 0 Å². The summed E-state index contributed by atoms with van der Waals surface area (Å²) in [6.07, 6.45) is 3.79. The van der Waals surface area contributed by atoms with Gasteiger partial charge in [-0.25, -0.2) is 4.98 Å². The SMILES string of the molecule is Cn1ccnc1CNCc1ccc(N2CCOCC2)cc1. The number of benzene rings is 1. The molecule has 0 radical (unpaired) electrons. The highest BCUT2D eigenvalue weighted by Gasteiger charge is 2.10. The summed E-state index contributed by atoms with van der Waals surface area (Å²) < 4.78 is 7.42. The van der Waals surface area contributed by atoms with E-state index in [4.69, 9.17) is 4.74 Å². The first-order chi connectivity index (χ1) is 10.3. The molecule has 0 amide bonds. The normalized spacial score (nSPS) is 15.4. The standard InChI is InChI=1S/C16H22N4O/c1-19-7-6-18-16(19)13-17-12-14-2-4-15(5-3-14)20-8-10-21-11-9-20/h2-7,17H,8-13H2,1H3. The lowest BCUT2D eigenvalue weighted by atomic mass is 10.2. The molecule has 0 bridgehead atoms. The van der Waals surface area contributed by atoms with Gasteiger partial charge in [-0.05, 0) is 17.7 Å². The molecule has 5 nitrogen and oxygen atoms in total. The van der Waals surface area contributed by atoms with Crippen LogP contribution in [0.15, 0.2) is 36.7 Å². The predicted octanol–water partition coefficient (Wildman–Crippen LogP) is 1.55. The van der Waals surface area contributed by atoms with Crippen molar-refractivity contribution in [2.45, 2.75) is 13.1 Å². The lowest BCUT2D eigenvalue weighted by Gasteiger charge is -2.28. The summed E-state index contributed by atoms with van der Waals surface area (Å²) in [4.78, 5) is 6.67. The number of morpholine rings is 1. The Hall–Kier alpha value is -1.85. The minimum atomic E-state index is 0.786. The van der Waals surface area contributed by atoms with Gasteiger partial charge in [0, 0.05) is 44.8 Å². The Balaban J connectivity index is 1.51. The van der Waals surface area contributed by atoms with E-state index in [0.717, 1.165) is 45.2 Å². The van der Waals surface area contributed by atoms with E-state index in [1.807, 2.05) is 24.0 Å². The second-order valence-electron chi connectivity index (χ2n) is 5.32. The minimum absolute atomic E-state index is 0.786. The molecule has 1 N–H and O–H groups in total. The van der Waals surface area contributed by atoms with Crippen LogP contribution in [0.4, 0.5) is 5.69 Å². The molecule has 1 aliphatic heterocycles. The third-order valence-electron chi connectivity index (χ3n) is 3.85. The van der Waals surface area contributed by atoms with Gasteiger partial charge in [-0.15, -0.1) is 0 Å². The lowest BCUT2D eigenvalue weighted by molar-refractivity contribution is 0.122. The second-order valence-corrected chi connectivity index (χ2v) is 5.32. The number of hydrogen-bond acceptors (Lipinski definition) is 4. The van der Waals surface area contributed by atoms with Crippen molar-refractivity contribution in [1.82, 2.24) is 14.9 Å². The fraction of sp³-hybridized carbons (Fsp3) is 0.438. The van der Waals surface area contributed by atoms with Crippen LogP contribution in [0.1, 0.15) is 11.4 Å². The zero-order valence-corrected chi connectivity index (χ0v) is 12.5. The zero-order valence-electron chi connectivity index (χ0n) is 12.5. The Morgan fingerprint density at radius 3 is 2.57 bits per heavy atom. The summed E-state index contributed by atoms with van der Waals surface area (Å²) in [5, 5.41) is 3.43. The molecular weight excluding hydrogens is 264 g/mol. The quantitative estimate of drug-likeness (QED) is 0.905. The molecule has 0 atom stereocenters. The van der Waals surface area contributed by atoms with Gasteiger partial charge in [-0.3, -0.25) is 0 Å². The van der Waals surface area contributed by atoms with Gasteiger partial charge in [0.15, 0.2) is 0 Å². The third kappa shape index (κ3) is 3.62. The molecule has 0 spiro atoms. The van der Waals surface area contributed by atoms with Crippen molar-refractivity contribution in [1.29, 1.82) is 0 Å². The fourth-order valence-electron chi connectivity index (χ4n) is 2.53. The fourth-order valence-corrected chi connectivity index (χ4v) is 2.53. The predicted molar refractivity (Wildman–Crippen MR) is 83.2 cm³/mol. The van der Waals surface area contributed by atoms with E-state index < -0.39 is 0 Å². The van der Waals surface area contributed by atoms with E-state index in [1.54, 1.807) is 0 Å². The number of nitrogens with zero attached hydrogens (tertiary/aromatic N) is 3. The van der Waals surface area contributed by atoms with Crippen LogP contribution in [0.5, 0.6) is 0 Å². The topological polar surface area (TPSA) is 42.3 Å². The van der Waals surface area contributed by atoms with Gasteiger partial charge in [0.2, 0.25) is 0 Å². The number of nitrogens with one attached hydrogen (secondary N) is 1. The van der Waals surface area contributed by atoms with Crippen molar-refractivity contribution in [2.75, 3.05) is 31.2 Å². The van der Waals surface area contributed by atoms with Gasteiger partial charge >= 0.3 is 0 Å². The van der Waals surface area contributed by atoms with Crippen LogP contribution in [0.25, 0.3) is 0 Å². The van der Waals surface area contributed by atoms with E-state index in [1.165, 1.54) is 11.3 Å². The van der Waals surface area contributed by atoms with E-state index in [0.29, 0.717) is 0 Å². The Labute approximate surface area is 125 Å². The molecule has 0 unspecified atom stereocenters. The summed E-state index contributed by atoms with van der Waals surface area (Å²) in [6, 6.07) is 8.78. The van der Waals surface area contributed by atoms with Crippen molar-refractivity contribution >= 4 is 5.69 Å². The van der Waals surface area contributed by atoms with E-state index in [2.05, 4.69) is 39.5 Å². The van der Waals surface area contributed by atoms with Crippen LogP contribution in [-0.2, 0) is 24.9 Å². The lowest BCUT2D eigenvalue weighted by Crippen LogP contribution is -2.36. The molecule has 1 aromatic heterocycles. The van der Waals surface area contributed by atoms with Crippen molar-refractivity contribution in [3.63, 3.8) is 0 Å². The van der Waals surface area contributed by atoms with Crippen molar-refractivity contribution in [3.05, 3.63) is 48.0 Å². The Morgan fingerprint density at radius 2 is 1.90 bits per heavy atom. The van der Waals surface area contributed by atoms with E-state index in [-0.39, 0.29) is 0 Å². The van der Waals surface area contributed by atoms with Crippen molar-refractivity contribution in [3.8, 4) is 0 Å². The van der Waals surface area contributed by atoms with Gasteiger partial charge < -0.3 is 19.5 Å². The molecule has 1 aromatic carbocycles. The smallest absolute Gasteiger partial charge is 0.122 e. The molecule has 21 heavy (non-hydrogen) atoms. The van der Waals surface area contributed by atoms with Crippen LogP contribution >= 0.6 is 0 Å². The second kappa shape index (κ2) is 6.74. The van der Waals surface area contributed by atoms with Gasteiger partial charge in [0.1, 0.15) is 5.82 Å². The molecule has 2 aromatic rings. The molecule has 0 aliphatic carbocycles. The highest BCUT2D eigenvalue weighted by molar-refractivity contribution is 5.47. The number of aromatic nitrogens is 2. The highest BCUT2D eigenvalue weighted by Crippen LogP contribution is 2.16. The highest BCUT2D eigenvalue weighted by atomic mass is 16.5. The van der Waals surface area contributed by atoms with Crippen LogP contribution in [0, 0.1) is 0 Å². The number of hydrogen-bond donors (Lipinski definition) is 1. The number of imidazole rings is 1. The zero-order chi connectivity index (χ0) is 14.5. The summed E-state index contributed by atoms with van der Waals surface area (Å²) in [5.41, 5.74) is 2.58. The van der Waals surface area contributed by atoms with Gasteiger partial charge in [0.05, 0.1) is 19.8 Å². The molecule has 0 saturated carbocycles. The molecule has 112 valence electrons. The Bertz CT molecular complexity index is 558. The van der Waals surface area contributed by atoms with Gasteiger partial charge in [0.25, 0.3) is 0 Å². The summed E-state index contributed by atoms with van der Waals surface area (Å²) in [6.45, 7) is 5.26. The maximum absolute atomic E-state index is 5.38. The molecule has 3 rings (SSSR count). The summed E-state index contributed by atoms with van der Waals surface area (Å²) in [5.74, 6) is 1.06. The monoisotopic (exact) mass is 286 g/mol. The van der Waals surface area contributed by atoms with Crippen molar-refractivity contribution in [2.24, 2.45) is 7.05 Å². The summed E-state index contributed by atoms with van der Waals surface area (Å²) in [7, 11) is 2.02.